The molecule has 8 nitrogen and oxygen atoms in total. The van der Waals surface area contributed by atoms with Gasteiger partial charge in [0.25, 0.3) is 5.91 Å². The number of nitrogens with two attached hydrogens (primary N) is 1. The lowest BCUT2D eigenvalue weighted by Crippen LogP contribution is -2.33. The average Bonchev–Trinajstić information content (AvgIpc) is 2.66. The van der Waals surface area contributed by atoms with Crippen LogP contribution in [0.5, 0.6) is 0 Å². The van der Waals surface area contributed by atoms with E-state index in [0.717, 1.165) is 0 Å². The van der Waals surface area contributed by atoms with E-state index >= 15 is 0 Å². The van der Waals surface area contributed by atoms with Crippen molar-refractivity contribution in [3.63, 3.8) is 0 Å². The molecule has 10 heteroatoms. The molecule has 2 heterocycles. The Balaban J connectivity index is 1.96. The molecule has 0 bridgehead atoms. The van der Waals surface area contributed by atoms with E-state index in [1.54, 1.807) is 6.07 Å². The lowest BCUT2D eigenvalue weighted by molar-refractivity contribution is 0.102. The number of carbonyl (C=O) groups excluding carboxylic acids is 1. The van der Waals surface area contributed by atoms with Crippen molar-refractivity contribution in [3.05, 3.63) is 52.8 Å². The van der Waals surface area contributed by atoms with Crippen LogP contribution in [0, 0.1) is 5.95 Å². The number of aromatic nitrogens is 2. The maximum Gasteiger partial charge on any atom is 0.301 e. The number of hydroxylamine groups is 1. The number of rotatable bonds is 7. The standard InChI is InChI=1S/C17H20ClFN6O2/c1-10(25-27-17(20)21-2)3-4-11-7-13(9-23-15(11)19)24-16(26)14-6-5-12(18)8-22-14/h5-10,25H,3-4H2,1-2H3,(H2,20,21)(H,24,26)/t10-/m1/s1. The molecule has 144 valence electrons. The number of aryl methyl sites for hydroxylation is 1. The van der Waals surface area contributed by atoms with Crippen LogP contribution in [0.1, 0.15) is 29.4 Å². The summed E-state index contributed by atoms with van der Waals surface area (Å²) in [6, 6.07) is 4.49. The molecule has 1 atom stereocenters. The smallest absolute Gasteiger partial charge is 0.301 e. The van der Waals surface area contributed by atoms with Gasteiger partial charge < -0.3 is 15.9 Å². The minimum absolute atomic E-state index is 0.00946. The molecular weight excluding hydrogens is 375 g/mol. The lowest BCUT2D eigenvalue weighted by atomic mass is 10.1. The van der Waals surface area contributed by atoms with Crippen LogP contribution in [0.15, 0.2) is 35.6 Å². The van der Waals surface area contributed by atoms with Gasteiger partial charge in [-0.25, -0.2) is 15.0 Å². The van der Waals surface area contributed by atoms with E-state index in [2.05, 4.69) is 25.8 Å². The fraction of sp³-hybridized carbons (Fsp3) is 0.294. The molecule has 0 radical (unpaired) electrons. The number of pyridine rings is 2. The van der Waals surface area contributed by atoms with Gasteiger partial charge in [-0.05, 0) is 38.0 Å². The monoisotopic (exact) mass is 394 g/mol. The van der Waals surface area contributed by atoms with Gasteiger partial charge in [0, 0.05) is 24.8 Å². The maximum absolute atomic E-state index is 14.0. The summed E-state index contributed by atoms with van der Waals surface area (Å²) in [5.41, 5.74) is 9.05. The van der Waals surface area contributed by atoms with Crippen LogP contribution >= 0.6 is 11.6 Å². The Morgan fingerprint density at radius 3 is 2.85 bits per heavy atom. The summed E-state index contributed by atoms with van der Waals surface area (Å²) in [6.07, 6.45) is 3.54. The summed E-state index contributed by atoms with van der Waals surface area (Å²) >= 11 is 5.75. The van der Waals surface area contributed by atoms with E-state index < -0.39 is 11.9 Å². The second-order valence-corrected chi connectivity index (χ2v) is 6.15. The van der Waals surface area contributed by atoms with Gasteiger partial charge in [-0.1, -0.05) is 11.6 Å². The molecular formula is C17H20ClFN6O2. The summed E-state index contributed by atoms with van der Waals surface area (Å²) in [4.78, 5) is 28.5. The molecule has 0 saturated heterocycles. The van der Waals surface area contributed by atoms with Gasteiger partial charge in [0.15, 0.2) is 0 Å². The number of nitrogens with one attached hydrogen (secondary N) is 2. The van der Waals surface area contributed by atoms with E-state index in [1.165, 1.54) is 31.6 Å². The van der Waals surface area contributed by atoms with Gasteiger partial charge in [0.1, 0.15) is 5.69 Å². The Morgan fingerprint density at radius 1 is 1.41 bits per heavy atom. The van der Waals surface area contributed by atoms with Crippen molar-refractivity contribution < 1.29 is 14.0 Å². The van der Waals surface area contributed by atoms with E-state index in [4.69, 9.17) is 22.2 Å². The van der Waals surface area contributed by atoms with Crippen LogP contribution in [-0.2, 0) is 11.3 Å². The second-order valence-electron chi connectivity index (χ2n) is 5.71. The molecule has 2 aromatic rings. The zero-order chi connectivity index (χ0) is 19.8. The molecule has 0 fully saturated rings. The Hall–Kier alpha value is -2.78. The number of carbonyl (C=O) groups is 1. The van der Waals surface area contributed by atoms with E-state index in [-0.39, 0.29) is 17.8 Å². The van der Waals surface area contributed by atoms with Crippen molar-refractivity contribution in [1.82, 2.24) is 15.4 Å². The molecule has 0 aliphatic heterocycles. The first-order chi connectivity index (χ1) is 12.9. The molecule has 0 spiro atoms. The molecule has 27 heavy (non-hydrogen) atoms. The topological polar surface area (TPSA) is 115 Å². The normalized spacial score (nSPS) is 12.5. The van der Waals surface area contributed by atoms with Crippen molar-refractivity contribution >= 4 is 29.2 Å². The third kappa shape index (κ3) is 6.46. The highest BCUT2D eigenvalue weighted by Gasteiger charge is 2.12. The minimum Gasteiger partial charge on any atom is -0.371 e. The number of nitrogens with zero attached hydrogens (tertiary/aromatic N) is 3. The average molecular weight is 395 g/mol. The highest BCUT2D eigenvalue weighted by molar-refractivity contribution is 6.30. The van der Waals surface area contributed by atoms with Gasteiger partial charge in [0.2, 0.25) is 5.95 Å². The number of hydrogen-bond donors (Lipinski definition) is 3. The van der Waals surface area contributed by atoms with Crippen molar-refractivity contribution in [1.29, 1.82) is 0 Å². The van der Waals surface area contributed by atoms with Crippen LogP contribution in [-0.4, -0.2) is 35.0 Å². The molecule has 0 aliphatic carbocycles. The summed E-state index contributed by atoms with van der Waals surface area (Å²) in [5, 5.41) is 3.06. The van der Waals surface area contributed by atoms with Crippen LogP contribution in [0.3, 0.4) is 0 Å². The highest BCUT2D eigenvalue weighted by Crippen LogP contribution is 2.16. The zero-order valence-corrected chi connectivity index (χ0v) is 15.6. The molecule has 1 amide bonds. The van der Waals surface area contributed by atoms with Crippen LogP contribution in [0.25, 0.3) is 0 Å². The van der Waals surface area contributed by atoms with Gasteiger partial charge in [-0.2, -0.15) is 9.87 Å². The van der Waals surface area contributed by atoms with E-state index in [1.807, 2.05) is 6.92 Å². The van der Waals surface area contributed by atoms with Crippen LogP contribution in [0.4, 0.5) is 10.1 Å². The zero-order valence-electron chi connectivity index (χ0n) is 14.9. The van der Waals surface area contributed by atoms with Crippen molar-refractivity contribution in [2.45, 2.75) is 25.8 Å². The largest absolute Gasteiger partial charge is 0.371 e. The van der Waals surface area contributed by atoms with Crippen LogP contribution in [0.2, 0.25) is 5.02 Å². The summed E-state index contributed by atoms with van der Waals surface area (Å²) in [6.45, 7) is 1.85. The van der Waals surface area contributed by atoms with Crippen molar-refractivity contribution in [2.75, 3.05) is 12.4 Å². The Kier molecular flexibility index (Phi) is 7.44. The molecule has 2 rings (SSSR count). The molecule has 0 aliphatic rings. The predicted molar refractivity (Wildman–Crippen MR) is 101 cm³/mol. The SMILES string of the molecule is CN=C(N)ON[C@H](C)CCc1cc(NC(=O)c2ccc(Cl)cn2)cnc1F. The summed E-state index contributed by atoms with van der Waals surface area (Å²) in [7, 11) is 1.50. The first-order valence-corrected chi connectivity index (χ1v) is 8.48. The lowest BCUT2D eigenvalue weighted by Gasteiger charge is -2.14. The number of amides is 1. The van der Waals surface area contributed by atoms with Crippen molar-refractivity contribution in [2.24, 2.45) is 10.7 Å². The van der Waals surface area contributed by atoms with Gasteiger partial charge >= 0.3 is 6.02 Å². The van der Waals surface area contributed by atoms with E-state index in [0.29, 0.717) is 29.1 Å². The summed E-state index contributed by atoms with van der Waals surface area (Å²) in [5.74, 6) is -1.04. The fourth-order valence-electron chi connectivity index (χ4n) is 2.08. The fourth-order valence-corrected chi connectivity index (χ4v) is 2.19. The molecule has 0 saturated carbocycles. The number of halogens is 2. The second kappa shape index (κ2) is 9.79. The first-order valence-electron chi connectivity index (χ1n) is 8.11. The maximum atomic E-state index is 14.0. The van der Waals surface area contributed by atoms with Gasteiger partial charge in [-0.15, -0.1) is 0 Å². The first kappa shape index (κ1) is 20.5. The minimum atomic E-state index is -0.597. The third-order valence-electron chi connectivity index (χ3n) is 3.56. The van der Waals surface area contributed by atoms with Crippen molar-refractivity contribution in [3.8, 4) is 0 Å². The van der Waals surface area contributed by atoms with Gasteiger partial charge in [0.05, 0.1) is 16.9 Å². The summed E-state index contributed by atoms with van der Waals surface area (Å²) < 4.78 is 14.0. The Bertz CT molecular complexity index is 816. The Morgan fingerprint density at radius 2 is 2.19 bits per heavy atom. The van der Waals surface area contributed by atoms with Crippen LogP contribution < -0.4 is 16.5 Å². The molecule has 2 aromatic heterocycles. The predicted octanol–water partition coefficient (Wildman–Crippen LogP) is 2.31. The number of anilines is 1. The van der Waals surface area contributed by atoms with E-state index in [9.17, 15) is 9.18 Å². The number of aliphatic imine (C=N–C) groups is 1. The molecule has 4 N–H and O–H groups in total. The van der Waals surface area contributed by atoms with Gasteiger partial charge in [-0.3, -0.25) is 4.79 Å². The Labute approximate surface area is 161 Å². The molecule has 0 aromatic carbocycles. The molecule has 0 unspecified atom stereocenters. The quantitative estimate of drug-likeness (QED) is 0.287. The third-order valence-corrected chi connectivity index (χ3v) is 3.78. The number of hydrogen-bond acceptors (Lipinski definition) is 6. The highest BCUT2D eigenvalue weighted by atomic mass is 35.5. The number of amidine groups is 1.